The van der Waals surface area contributed by atoms with E-state index in [1.165, 1.54) is 154 Å². The smallest absolute Gasteiger partial charge is 0.306 e. The topological polar surface area (TPSA) is 78.9 Å². The molecule has 1 atom stereocenters. The van der Waals surface area contributed by atoms with Crippen LogP contribution in [0.25, 0.3) is 0 Å². The maximum absolute atomic E-state index is 12.8. The Morgan fingerprint density at radius 2 is 0.597 bits per heavy atom. The van der Waals surface area contributed by atoms with Gasteiger partial charge in [-0.05, 0) is 83.5 Å². The van der Waals surface area contributed by atoms with Gasteiger partial charge in [0.05, 0.1) is 0 Å². The number of hydrogen-bond acceptors (Lipinski definition) is 6. The lowest BCUT2D eigenvalue weighted by atomic mass is 10.0. The quantitative estimate of drug-likeness (QED) is 0.0262. The Kier molecular flexibility index (Phi) is 52.8. The maximum Gasteiger partial charge on any atom is 0.306 e. The molecule has 6 nitrogen and oxygen atoms in total. The highest BCUT2D eigenvalue weighted by molar-refractivity contribution is 5.71. The molecule has 0 unspecified atom stereocenters. The van der Waals surface area contributed by atoms with Crippen molar-refractivity contribution in [3.8, 4) is 0 Å². The van der Waals surface area contributed by atoms with Crippen molar-refractivity contribution in [2.45, 2.75) is 284 Å². The Hall–Kier alpha value is -3.15. The summed E-state index contributed by atoms with van der Waals surface area (Å²) in [6.45, 7) is 6.49. The summed E-state index contributed by atoms with van der Waals surface area (Å²) in [7, 11) is 0. The third-order valence-corrected chi connectivity index (χ3v) is 12.2. The lowest BCUT2D eigenvalue weighted by Gasteiger charge is -2.18. The number of carbonyl (C=O) groups is 3. The fourth-order valence-corrected chi connectivity index (χ4v) is 7.94. The molecule has 0 fully saturated rings. The lowest BCUT2D eigenvalue weighted by Crippen LogP contribution is -2.30. The molecule has 386 valence electrons. The fourth-order valence-electron chi connectivity index (χ4n) is 7.94. The van der Waals surface area contributed by atoms with Crippen molar-refractivity contribution in [1.29, 1.82) is 0 Å². The highest BCUT2D eigenvalue weighted by Gasteiger charge is 2.19. The van der Waals surface area contributed by atoms with E-state index >= 15 is 0 Å². The average molecular weight is 936 g/mol. The standard InChI is InChI=1S/C61H106O6/c1-4-7-10-13-16-19-22-25-27-29-30-32-34-37-39-42-45-48-51-54-60(63)66-57-58(67-61(64)55-52-49-46-43-40-35-24-21-18-15-12-9-6-3)56-65-59(62)53-50-47-44-41-38-36-33-31-28-26-23-20-17-14-11-8-5-2/h8,11,17,20,25-28,33,36,41,44,58H,4-7,9-10,12-16,18-19,21-24,29-32,34-35,37-40,42-43,45-57H2,1-3H3/b11-8-,20-17-,27-25-,28-26-,36-33-,44-41-/t58-/m1/s1. The molecule has 6 heteroatoms. The molecular weight excluding hydrogens is 829 g/mol. The second-order valence-electron chi connectivity index (χ2n) is 18.8. The van der Waals surface area contributed by atoms with Crippen molar-refractivity contribution in [2.75, 3.05) is 13.2 Å². The summed E-state index contributed by atoms with van der Waals surface area (Å²) in [4.78, 5) is 38.1. The van der Waals surface area contributed by atoms with Crippen molar-refractivity contribution in [2.24, 2.45) is 0 Å². The van der Waals surface area contributed by atoms with Crippen molar-refractivity contribution >= 4 is 17.9 Å². The van der Waals surface area contributed by atoms with Crippen LogP contribution in [0.1, 0.15) is 278 Å². The zero-order valence-electron chi connectivity index (χ0n) is 44.2. The van der Waals surface area contributed by atoms with E-state index in [0.29, 0.717) is 19.3 Å². The fraction of sp³-hybridized carbons (Fsp3) is 0.754. The van der Waals surface area contributed by atoms with E-state index in [2.05, 4.69) is 93.7 Å². The minimum atomic E-state index is -0.797. The first-order chi connectivity index (χ1) is 33.0. The summed E-state index contributed by atoms with van der Waals surface area (Å²) >= 11 is 0. The highest BCUT2D eigenvalue weighted by atomic mass is 16.6. The van der Waals surface area contributed by atoms with Gasteiger partial charge in [-0.2, -0.15) is 0 Å². The van der Waals surface area contributed by atoms with Gasteiger partial charge in [-0.1, -0.05) is 248 Å². The van der Waals surface area contributed by atoms with Crippen LogP contribution in [0.5, 0.6) is 0 Å². The first-order valence-electron chi connectivity index (χ1n) is 28.4. The van der Waals surface area contributed by atoms with Gasteiger partial charge in [-0.15, -0.1) is 0 Å². The molecule has 67 heavy (non-hydrogen) atoms. The normalized spacial score (nSPS) is 12.6. The average Bonchev–Trinajstić information content (AvgIpc) is 3.33. The van der Waals surface area contributed by atoms with E-state index in [-0.39, 0.29) is 37.5 Å². The predicted molar refractivity (Wildman–Crippen MR) is 288 cm³/mol. The number of hydrogen-bond donors (Lipinski definition) is 0. The molecule has 0 aliphatic carbocycles. The van der Waals surface area contributed by atoms with Gasteiger partial charge in [0, 0.05) is 19.3 Å². The molecule has 0 bridgehead atoms. The molecule has 0 heterocycles. The van der Waals surface area contributed by atoms with Crippen LogP contribution in [0.15, 0.2) is 72.9 Å². The van der Waals surface area contributed by atoms with E-state index in [4.69, 9.17) is 14.2 Å². The minimum absolute atomic E-state index is 0.0919. The molecule has 0 aliphatic rings. The molecule has 0 radical (unpaired) electrons. The molecule has 0 N–H and O–H groups in total. The third kappa shape index (κ3) is 53.7. The number of rotatable bonds is 51. The summed E-state index contributed by atoms with van der Waals surface area (Å²) in [6.07, 6.45) is 70.4. The van der Waals surface area contributed by atoms with Crippen LogP contribution in [-0.2, 0) is 28.6 Å². The molecule has 0 amide bonds. The minimum Gasteiger partial charge on any atom is -0.462 e. The largest absolute Gasteiger partial charge is 0.462 e. The zero-order chi connectivity index (χ0) is 48.6. The zero-order valence-corrected chi connectivity index (χ0v) is 44.2. The second kappa shape index (κ2) is 55.4. The Morgan fingerprint density at radius 3 is 0.985 bits per heavy atom. The van der Waals surface area contributed by atoms with Crippen LogP contribution in [0.2, 0.25) is 0 Å². The first-order valence-corrected chi connectivity index (χ1v) is 28.4. The molecule has 0 rings (SSSR count). The molecule has 0 aromatic rings. The van der Waals surface area contributed by atoms with Crippen molar-refractivity contribution in [3.05, 3.63) is 72.9 Å². The molecule has 0 aromatic carbocycles. The molecular formula is C61H106O6. The van der Waals surface area contributed by atoms with E-state index in [9.17, 15) is 14.4 Å². The van der Waals surface area contributed by atoms with Gasteiger partial charge in [-0.3, -0.25) is 14.4 Å². The maximum atomic E-state index is 12.8. The van der Waals surface area contributed by atoms with E-state index in [1.54, 1.807) is 0 Å². The van der Waals surface area contributed by atoms with Gasteiger partial charge in [0.15, 0.2) is 6.10 Å². The monoisotopic (exact) mass is 935 g/mol. The Morgan fingerprint density at radius 1 is 0.313 bits per heavy atom. The Labute approximate surface area is 414 Å². The first kappa shape index (κ1) is 63.8. The van der Waals surface area contributed by atoms with Crippen molar-refractivity contribution < 1.29 is 28.6 Å². The molecule has 0 aliphatic heterocycles. The Bertz CT molecular complexity index is 1260. The molecule has 0 aromatic heterocycles. The highest BCUT2D eigenvalue weighted by Crippen LogP contribution is 2.16. The van der Waals surface area contributed by atoms with Crippen LogP contribution in [0.4, 0.5) is 0 Å². The third-order valence-electron chi connectivity index (χ3n) is 12.2. The van der Waals surface area contributed by atoms with Crippen LogP contribution in [0, 0.1) is 0 Å². The SMILES string of the molecule is CC/C=C\C/C=C\C/C=C\C/C=C\C/C=C\CCCC(=O)OC[C@H](COC(=O)CCCCCCCCCCC/C=C\CCCCCCCC)OC(=O)CCCCCCCCCCCCCCC. The second-order valence-corrected chi connectivity index (χ2v) is 18.8. The summed E-state index contributed by atoms with van der Waals surface area (Å²) in [6, 6.07) is 0. The van der Waals surface area contributed by atoms with Crippen LogP contribution in [-0.4, -0.2) is 37.2 Å². The molecule has 0 spiro atoms. The van der Waals surface area contributed by atoms with Gasteiger partial charge in [0.25, 0.3) is 0 Å². The Balaban J connectivity index is 4.41. The molecule has 0 saturated carbocycles. The lowest BCUT2D eigenvalue weighted by molar-refractivity contribution is -0.167. The van der Waals surface area contributed by atoms with Gasteiger partial charge in [-0.25, -0.2) is 0 Å². The summed E-state index contributed by atoms with van der Waals surface area (Å²) in [5, 5.41) is 0. The van der Waals surface area contributed by atoms with Gasteiger partial charge < -0.3 is 14.2 Å². The number of allylic oxidation sites excluding steroid dienone is 12. The predicted octanol–water partition coefficient (Wildman–Crippen LogP) is 19.0. The van der Waals surface area contributed by atoms with Crippen LogP contribution >= 0.6 is 0 Å². The van der Waals surface area contributed by atoms with E-state index < -0.39 is 6.10 Å². The molecule has 0 saturated heterocycles. The van der Waals surface area contributed by atoms with Gasteiger partial charge in [0.1, 0.15) is 13.2 Å². The number of carbonyl (C=O) groups excluding carboxylic acids is 3. The van der Waals surface area contributed by atoms with Gasteiger partial charge in [0.2, 0.25) is 0 Å². The number of ether oxygens (including phenoxy) is 3. The van der Waals surface area contributed by atoms with Crippen LogP contribution in [0.3, 0.4) is 0 Å². The van der Waals surface area contributed by atoms with Crippen molar-refractivity contribution in [3.63, 3.8) is 0 Å². The summed E-state index contributed by atoms with van der Waals surface area (Å²) in [5.74, 6) is -0.946. The number of esters is 3. The number of unbranched alkanes of at least 4 members (excludes halogenated alkanes) is 28. The summed E-state index contributed by atoms with van der Waals surface area (Å²) in [5.41, 5.74) is 0. The summed E-state index contributed by atoms with van der Waals surface area (Å²) < 4.78 is 16.8. The van der Waals surface area contributed by atoms with E-state index in [1.807, 2.05) is 0 Å². The van der Waals surface area contributed by atoms with E-state index in [0.717, 1.165) is 77.0 Å². The van der Waals surface area contributed by atoms with Crippen molar-refractivity contribution in [1.82, 2.24) is 0 Å². The van der Waals surface area contributed by atoms with Gasteiger partial charge >= 0.3 is 17.9 Å². The van der Waals surface area contributed by atoms with Crippen LogP contribution < -0.4 is 0 Å².